The molecule has 1 heterocycles. The van der Waals surface area contributed by atoms with Crippen molar-refractivity contribution in [2.75, 3.05) is 53.9 Å². The minimum atomic E-state index is 0.121. The van der Waals surface area contributed by atoms with Crippen molar-refractivity contribution in [1.82, 2.24) is 14.7 Å². The summed E-state index contributed by atoms with van der Waals surface area (Å²) >= 11 is 0. The number of carbonyl (C=O) groups excluding carboxylic acids is 1. The number of benzene rings is 1. The van der Waals surface area contributed by atoms with Crippen LogP contribution in [0.4, 0.5) is 4.79 Å². The first-order valence-electron chi connectivity index (χ1n) is 7.91. The molecule has 0 saturated carbocycles. The smallest absolute Gasteiger partial charge is 0.319 e. The summed E-state index contributed by atoms with van der Waals surface area (Å²) in [7, 11) is 5.32. The Kier molecular flexibility index (Phi) is 6.07. The molecule has 1 aliphatic rings. The Labute approximate surface area is 133 Å². The summed E-state index contributed by atoms with van der Waals surface area (Å²) in [5, 5.41) is 0. The van der Waals surface area contributed by atoms with E-state index in [1.165, 1.54) is 5.56 Å². The third-order valence-corrected chi connectivity index (χ3v) is 4.10. The number of ether oxygens (including phenoxy) is 1. The van der Waals surface area contributed by atoms with E-state index >= 15 is 0 Å². The predicted molar refractivity (Wildman–Crippen MR) is 88.4 cm³/mol. The van der Waals surface area contributed by atoms with Crippen molar-refractivity contribution in [2.24, 2.45) is 0 Å². The van der Waals surface area contributed by atoms with E-state index < -0.39 is 0 Å². The summed E-state index contributed by atoms with van der Waals surface area (Å²) in [4.78, 5) is 17.9. The SMILES string of the molecule is COc1cccc(CCCN2CCN(C(=O)N(C)C)CC2)c1. The first-order valence-corrected chi connectivity index (χ1v) is 7.91. The van der Waals surface area contributed by atoms with Gasteiger partial charge in [0.15, 0.2) is 0 Å². The molecule has 0 unspecified atom stereocenters. The van der Waals surface area contributed by atoms with Crippen molar-refractivity contribution >= 4 is 6.03 Å². The lowest BCUT2D eigenvalue weighted by Crippen LogP contribution is -2.51. The van der Waals surface area contributed by atoms with Gasteiger partial charge in [0.05, 0.1) is 7.11 Å². The number of urea groups is 1. The Morgan fingerprint density at radius 2 is 1.95 bits per heavy atom. The van der Waals surface area contributed by atoms with E-state index in [9.17, 15) is 4.79 Å². The number of amides is 2. The van der Waals surface area contributed by atoms with Gasteiger partial charge in [-0.25, -0.2) is 4.79 Å². The van der Waals surface area contributed by atoms with Crippen LogP contribution in [-0.4, -0.2) is 74.7 Å². The second kappa shape index (κ2) is 8.03. The summed E-state index contributed by atoms with van der Waals surface area (Å²) < 4.78 is 5.25. The molecule has 0 radical (unpaired) electrons. The second-order valence-corrected chi connectivity index (χ2v) is 5.96. The maximum absolute atomic E-state index is 11.9. The molecule has 0 aromatic heterocycles. The number of hydrogen-bond donors (Lipinski definition) is 0. The molecule has 22 heavy (non-hydrogen) atoms. The lowest BCUT2D eigenvalue weighted by atomic mass is 10.1. The molecule has 1 aliphatic heterocycles. The van der Waals surface area contributed by atoms with Crippen LogP contribution in [0.25, 0.3) is 0 Å². The predicted octanol–water partition coefficient (Wildman–Crippen LogP) is 1.93. The summed E-state index contributed by atoms with van der Waals surface area (Å²) in [6.45, 7) is 4.68. The number of rotatable bonds is 5. The van der Waals surface area contributed by atoms with Crippen molar-refractivity contribution < 1.29 is 9.53 Å². The molecule has 1 aromatic carbocycles. The van der Waals surface area contributed by atoms with E-state index in [4.69, 9.17) is 4.74 Å². The van der Waals surface area contributed by atoms with Crippen LogP contribution in [0.15, 0.2) is 24.3 Å². The molecule has 2 amide bonds. The highest BCUT2D eigenvalue weighted by molar-refractivity contribution is 5.73. The molecular weight excluding hydrogens is 278 g/mol. The Bertz CT molecular complexity index is 483. The number of piperazine rings is 1. The topological polar surface area (TPSA) is 36.0 Å². The zero-order valence-corrected chi connectivity index (χ0v) is 13.9. The van der Waals surface area contributed by atoms with E-state index in [0.717, 1.165) is 51.3 Å². The van der Waals surface area contributed by atoms with Gasteiger partial charge in [-0.2, -0.15) is 0 Å². The molecule has 1 saturated heterocycles. The van der Waals surface area contributed by atoms with Crippen molar-refractivity contribution in [3.8, 4) is 5.75 Å². The molecule has 0 spiro atoms. The largest absolute Gasteiger partial charge is 0.497 e. The first kappa shape index (κ1) is 16.6. The molecule has 0 N–H and O–H groups in total. The van der Waals surface area contributed by atoms with Gasteiger partial charge in [0.25, 0.3) is 0 Å². The van der Waals surface area contributed by atoms with Gasteiger partial charge in [-0.05, 0) is 37.1 Å². The normalized spacial score (nSPS) is 15.7. The molecule has 2 rings (SSSR count). The third kappa shape index (κ3) is 4.63. The monoisotopic (exact) mass is 305 g/mol. The van der Waals surface area contributed by atoms with Crippen LogP contribution in [-0.2, 0) is 6.42 Å². The van der Waals surface area contributed by atoms with Crippen LogP contribution >= 0.6 is 0 Å². The Morgan fingerprint density at radius 3 is 2.59 bits per heavy atom. The van der Waals surface area contributed by atoms with Crippen LogP contribution < -0.4 is 4.74 Å². The summed E-state index contributed by atoms with van der Waals surface area (Å²) in [6, 6.07) is 8.39. The van der Waals surface area contributed by atoms with Gasteiger partial charge in [-0.15, -0.1) is 0 Å². The lowest BCUT2D eigenvalue weighted by Gasteiger charge is -2.35. The fraction of sp³-hybridized carbons (Fsp3) is 0.588. The summed E-state index contributed by atoms with van der Waals surface area (Å²) in [6.07, 6.45) is 2.20. The van der Waals surface area contributed by atoms with E-state index in [0.29, 0.717) is 0 Å². The first-order chi connectivity index (χ1) is 10.6. The van der Waals surface area contributed by atoms with Gasteiger partial charge in [0.1, 0.15) is 5.75 Å². The number of hydrogen-bond acceptors (Lipinski definition) is 3. The minimum absolute atomic E-state index is 0.121. The molecular formula is C17H27N3O2. The minimum Gasteiger partial charge on any atom is -0.497 e. The highest BCUT2D eigenvalue weighted by Gasteiger charge is 2.21. The number of carbonyl (C=O) groups is 1. The Balaban J connectivity index is 1.69. The Hall–Kier alpha value is -1.75. The standard InChI is InChI=1S/C17H27N3O2/c1-18(2)17(21)20-12-10-19(11-13-20)9-5-7-15-6-4-8-16(14-15)22-3/h4,6,8,14H,5,7,9-13H2,1-3H3. The van der Waals surface area contributed by atoms with Gasteiger partial charge >= 0.3 is 6.03 Å². The molecule has 0 aliphatic carbocycles. The molecule has 122 valence electrons. The number of methoxy groups -OCH3 is 1. The molecule has 1 aromatic rings. The van der Waals surface area contributed by atoms with E-state index in [2.05, 4.69) is 17.0 Å². The van der Waals surface area contributed by atoms with Crippen LogP contribution in [0, 0.1) is 0 Å². The highest BCUT2D eigenvalue weighted by Crippen LogP contribution is 2.14. The van der Waals surface area contributed by atoms with E-state index in [1.807, 2.05) is 31.1 Å². The third-order valence-electron chi connectivity index (χ3n) is 4.10. The zero-order chi connectivity index (χ0) is 15.9. The van der Waals surface area contributed by atoms with Crippen molar-refractivity contribution in [2.45, 2.75) is 12.8 Å². The maximum atomic E-state index is 11.9. The lowest BCUT2D eigenvalue weighted by molar-refractivity contribution is 0.122. The molecule has 5 heteroatoms. The van der Waals surface area contributed by atoms with Crippen LogP contribution in [0.5, 0.6) is 5.75 Å². The number of nitrogens with zero attached hydrogens (tertiary/aromatic N) is 3. The van der Waals surface area contributed by atoms with Crippen molar-refractivity contribution in [3.05, 3.63) is 29.8 Å². The average Bonchev–Trinajstić information content (AvgIpc) is 2.55. The molecule has 1 fully saturated rings. The maximum Gasteiger partial charge on any atom is 0.319 e. The fourth-order valence-corrected chi connectivity index (χ4v) is 2.78. The Morgan fingerprint density at radius 1 is 1.23 bits per heavy atom. The number of aryl methyl sites for hydroxylation is 1. The van der Waals surface area contributed by atoms with Crippen LogP contribution in [0.2, 0.25) is 0 Å². The van der Waals surface area contributed by atoms with E-state index in [1.54, 1.807) is 12.0 Å². The van der Waals surface area contributed by atoms with Crippen molar-refractivity contribution in [3.63, 3.8) is 0 Å². The molecule has 5 nitrogen and oxygen atoms in total. The van der Waals surface area contributed by atoms with E-state index in [-0.39, 0.29) is 6.03 Å². The van der Waals surface area contributed by atoms with Gasteiger partial charge in [0, 0.05) is 40.3 Å². The van der Waals surface area contributed by atoms with Gasteiger partial charge in [-0.1, -0.05) is 12.1 Å². The van der Waals surface area contributed by atoms with Gasteiger partial charge in [0.2, 0.25) is 0 Å². The summed E-state index contributed by atoms with van der Waals surface area (Å²) in [5.74, 6) is 0.924. The van der Waals surface area contributed by atoms with Crippen LogP contribution in [0.1, 0.15) is 12.0 Å². The fourth-order valence-electron chi connectivity index (χ4n) is 2.78. The van der Waals surface area contributed by atoms with Gasteiger partial charge in [-0.3, -0.25) is 4.90 Å². The average molecular weight is 305 g/mol. The van der Waals surface area contributed by atoms with Crippen LogP contribution in [0.3, 0.4) is 0 Å². The molecule has 0 bridgehead atoms. The molecule has 0 atom stereocenters. The highest BCUT2D eigenvalue weighted by atomic mass is 16.5. The van der Waals surface area contributed by atoms with Gasteiger partial charge < -0.3 is 14.5 Å². The quantitative estimate of drug-likeness (QED) is 0.834. The summed E-state index contributed by atoms with van der Waals surface area (Å²) in [5.41, 5.74) is 1.32. The van der Waals surface area contributed by atoms with Crippen molar-refractivity contribution in [1.29, 1.82) is 0 Å². The zero-order valence-electron chi connectivity index (χ0n) is 13.9. The second-order valence-electron chi connectivity index (χ2n) is 5.96.